The molecule has 1 aliphatic heterocycles. The largest absolute Gasteiger partial charge is 0.375 e. The zero-order valence-corrected chi connectivity index (χ0v) is 12.6. The molecule has 104 valence electrons. The third-order valence-corrected chi connectivity index (χ3v) is 3.72. The Bertz CT molecular complexity index is 424. The van der Waals surface area contributed by atoms with Crippen molar-refractivity contribution in [2.75, 3.05) is 26.8 Å². The Kier molecular flexibility index (Phi) is 5.27. The minimum atomic E-state index is 0.0779. The summed E-state index contributed by atoms with van der Waals surface area (Å²) in [6, 6.07) is 0. The summed E-state index contributed by atoms with van der Waals surface area (Å²) in [5, 5.41) is 0. The fourth-order valence-corrected chi connectivity index (χ4v) is 2.62. The highest BCUT2D eigenvalue weighted by molar-refractivity contribution is 9.10. The molecule has 6 heteroatoms. The molecule has 0 N–H and O–H groups in total. The van der Waals surface area contributed by atoms with Gasteiger partial charge in [-0.25, -0.2) is 4.98 Å². The van der Waals surface area contributed by atoms with Crippen LogP contribution in [0.5, 0.6) is 0 Å². The lowest BCUT2D eigenvalue weighted by atomic mass is 9.93. The third-order valence-electron chi connectivity index (χ3n) is 3.31. The Morgan fingerprint density at radius 1 is 1.53 bits per heavy atom. The van der Waals surface area contributed by atoms with Crippen LogP contribution in [0, 0.1) is 5.92 Å². The molecule has 5 nitrogen and oxygen atoms in total. The summed E-state index contributed by atoms with van der Waals surface area (Å²) in [6.45, 7) is 1.80. The van der Waals surface area contributed by atoms with E-state index >= 15 is 0 Å². The third kappa shape index (κ3) is 4.24. The molecule has 1 aromatic heterocycles. The number of rotatable bonds is 4. The van der Waals surface area contributed by atoms with Crippen molar-refractivity contribution in [1.29, 1.82) is 0 Å². The van der Waals surface area contributed by atoms with E-state index in [0.717, 1.165) is 42.6 Å². The maximum Gasteiger partial charge on any atom is 0.248 e. The Morgan fingerprint density at radius 3 is 3.05 bits per heavy atom. The summed E-state index contributed by atoms with van der Waals surface area (Å²) >= 11 is 3.28. The van der Waals surface area contributed by atoms with Gasteiger partial charge in [0.2, 0.25) is 5.91 Å². The number of methoxy groups -OCH3 is 1. The van der Waals surface area contributed by atoms with Gasteiger partial charge in [0.1, 0.15) is 11.2 Å². The second-order valence-corrected chi connectivity index (χ2v) is 5.63. The Morgan fingerprint density at radius 2 is 2.37 bits per heavy atom. The number of ether oxygens (including phenoxy) is 1. The van der Waals surface area contributed by atoms with E-state index in [1.54, 1.807) is 19.5 Å². The summed E-state index contributed by atoms with van der Waals surface area (Å²) in [4.78, 5) is 22.2. The fourth-order valence-electron chi connectivity index (χ4n) is 2.41. The second kappa shape index (κ2) is 6.96. The van der Waals surface area contributed by atoms with Crippen LogP contribution >= 0.6 is 15.9 Å². The van der Waals surface area contributed by atoms with Crippen molar-refractivity contribution in [3.05, 3.63) is 22.7 Å². The quantitative estimate of drug-likeness (QED) is 0.844. The number of carbonyl (C=O) groups is 1. The van der Waals surface area contributed by atoms with Gasteiger partial charge in [-0.2, -0.15) is 0 Å². The van der Waals surface area contributed by atoms with Crippen LogP contribution in [0.15, 0.2) is 17.0 Å². The Hall–Kier alpha value is -1.01. The van der Waals surface area contributed by atoms with E-state index in [1.165, 1.54) is 0 Å². The molecule has 0 aliphatic carbocycles. The molecule has 2 heterocycles. The number of amides is 1. The highest BCUT2D eigenvalue weighted by Gasteiger charge is 2.23. The molecule has 1 aliphatic rings. The summed E-state index contributed by atoms with van der Waals surface area (Å²) in [7, 11) is 1.55. The van der Waals surface area contributed by atoms with E-state index in [9.17, 15) is 4.79 Å². The molecule has 0 bridgehead atoms. The van der Waals surface area contributed by atoms with Gasteiger partial charge in [0.25, 0.3) is 0 Å². The maximum absolute atomic E-state index is 11.8. The van der Waals surface area contributed by atoms with E-state index in [4.69, 9.17) is 4.74 Å². The molecule has 1 fully saturated rings. The van der Waals surface area contributed by atoms with Crippen LogP contribution in [0.3, 0.4) is 0 Å². The van der Waals surface area contributed by atoms with Crippen molar-refractivity contribution in [3.63, 3.8) is 0 Å². The Labute approximate surface area is 121 Å². The smallest absolute Gasteiger partial charge is 0.248 e. The lowest BCUT2D eigenvalue weighted by molar-refractivity contribution is -0.136. The first-order valence-electron chi connectivity index (χ1n) is 6.42. The first-order valence-corrected chi connectivity index (χ1v) is 7.21. The number of nitrogens with zero attached hydrogens (tertiary/aromatic N) is 3. The molecule has 0 spiro atoms. The van der Waals surface area contributed by atoms with Gasteiger partial charge < -0.3 is 9.64 Å². The van der Waals surface area contributed by atoms with Crippen LogP contribution in [0.25, 0.3) is 0 Å². The molecule has 0 saturated carbocycles. The zero-order chi connectivity index (χ0) is 13.7. The average Bonchev–Trinajstić information content (AvgIpc) is 2.42. The van der Waals surface area contributed by atoms with Crippen LogP contribution in [-0.4, -0.2) is 47.6 Å². The molecule has 1 unspecified atom stereocenters. The fraction of sp³-hybridized carbons (Fsp3) is 0.615. The standard InChI is InChI=1S/C13H18BrN3O2/c1-19-9-13(18)17-4-2-3-10(8-17)5-11-6-16-12(14)7-15-11/h6-7,10H,2-5,8-9H2,1H3. The van der Waals surface area contributed by atoms with Gasteiger partial charge in [0.15, 0.2) is 0 Å². The maximum atomic E-state index is 11.8. The van der Waals surface area contributed by atoms with Crippen molar-refractivity contribution < 1.29 is 9.53 Å². The molecule has 19 heavy (non-hydrogen) atoms. The van der Waals surface area contributed by atoms with Crippen molar-refractivity contribution in [3.8, 4) is 0 Å². The summed E-state index contributed by atoms with van der Waals surface area (Å²) in [6.07, 6.45) is 6.56. The molecule has 1 aromatic rings. The van der Waals surface area contributed by atoms with Crippen LogP contribution in [-0.2, 0) is 16.0 Å². The molecule has 1 amide bonds. The number of halogens is 1. The average molecular weight is 328 g/mol. The number of aromatic nitrogens is 2. The highest BCUT2D eigenvalue weighted by atomic mass is 79.9. The predicted octanol–water partition coefficient (Wildman–Crippen LogP) is 1.67. The van der Waals surface area contributed by atoms with Crippen molar-refractivity contribution in [1.82, 2.24) is 14.9 Å². The van der Waals surface area contributed by atoms with E-state index in [-0.39, 0.29) is 12.5 Å². The topological polar surface area (TPSA) is 55.3 Å². The number of hydrogen-bond donors (Lipinski definition) is 0. The molecule has 0 radical (unpaired) electrons. The summed E-state index contributed by atoms with van der Waals surface area (Å²) in [5.41, 5.74) is 0.981. The van der Waals surface area contributed by atoms with Gasteiger partial charge in [0.05, 0.1) is 11.9 Å². The minimum Gasteiger partial charge on any atom is -0.375 e. The van der Waals surface area contributed by atoms with Crippen LogP contribution in [0.1, 0.15) is 18.5 Å². The lowest BCUT2D eigenvalue weighted by Gasteiger charge is -2.32. The molecule has 0 aromatic carbocycles. The van der Waals surface area contributed by atoms with Crippen LogP contribution in [0.4, 0.5) is 0 Å². The van der Waals surface area contributed by atoms with Gasteiger partial charge in [-0.3, -0.25) is 9.78 Å². The van der Waals surface area contributed by atoms with Crippen molar-refractivity contribution in [2.45, 2.75) is 19.3 Å². The summed E-state index contributed by atoms with van der Waals surface area (Å²) < 4.78 is 5.65. The van der Waals surface area contributed by atoms with E-state index in [0.29, 0.717) is 5.92 Å². The number of likely N-dealkylation sites (tertiary alicyclic amines) is 1. The SMILES string of the molecule is COCC(=O)N1CCCC(Cc2cnc(Br)cn2)C1. The van der Waals surface area contributed by atoms with E-state index in [1.807, 2.05) is 4.90 Å². The second-order valence-electron chi connectivity index (χ2n) is 4.82. The predicted molar refractivity (Wildman–Crippen MR) is 74.6 cm³/mol. The van der Waals surface area contributed by atoms with E-state index < -0.39 is 0 Å². The normalized spacial score (nSPS) is 19.5. The van der Waals surface area contributed by atoms with Crippen molar-refractivity contribution in [2.24, 2.45) is 5.92 Å². The molecular weight excluding hydrogens is 310 g/mol. The molecule has 2 rings (SSSR count). The monoisotopic (exact) mass is 327 g/mol. The first-order chi connectivity index (χ1) is 9.19. The minimum absolute atomic E-state index is 0.0779. The number of carbonyl (C=O) groups excluding carboxylic acids is 1. The van der Waals surface area contributed by atoms with Crippen LogP contribution < -0.4 is 0 Å². The zero-order valence-electron chi connectivity index (χ0n) is 11.0. The van der Waals surface area contributed by atoms with E-state index in [2.05, 4.69) is 25.9 Å². The van der Waals surface area contributed by atoms with Gasteiger partial charge in [-0.1, -0.05) is 0 Å². The first kappa shape index (κ1) is 14.4. The highest BCUT2D eigenvalue weighted by Crippen LogP contribution is 2.20. The molecule has 1 saturated heterocycles. The number of hydrogen-bond acceptors (Lipinski definition) is 4. The lowest BCUT2D eigenvalue weighted by Crippen LogP contribution is -2.42. The Balaban J connectivity index is 1.90. The molecular formula is C13H18BrN3O2. The number of piperidine rings is 1. The van der Waals surface area contributed by atoms with Crippen LogP contribution in [0.2, 0.25) is 0 Å². The van der Waals surface area contributed by atoms with Gasteiger partial charge in [0, 0.05) is 26.4 Å². The molecule has 1 atom stereocenters. The van der Waals surface area contributed by atoms with Gasteiger partial charge >= 0.3 is 0 Å². The van der Waals surface area contributed by atoms with Crippen molar-refractivity contribution >= 4 is 21.8 Å². The van der Waals surface area contributed by atoms with Gasteiger partial charge in [-0.05, 0) is 41.1 Å². The van der Waals surface area contributed by atoms with Gasteiger partial charge in [-0.15, -0.1) is 0 Å². The summed E-state index contributed by atoms with van der Waals surface area (Å²) in [5.74, 6) is 0.541.